The van der Waals surface area contributed by atoms with Gasteiger partial charge >= 0.3 is 0 Å². The number of hydrogen-bond acceptors (Lipinski definition) is 2. The highest BCUT2D eigenvalue weighted by atomic mass is 19.2. The SMILES string of the molecule is Cc1cccc(C(C)C)c1NC(=O)CNc1ccc(F)c(F)c1. The van der Waals surface area contributed by atoms with E-state index >= 15 is 0 Å². The van der Waals surface area contributed by atoms with Crippen LogP contribution in [-0.2, 0) is 4.79 Å². The molecule has 2 aromatic rings. The van der Waals surface area contributed by atoms with Crippen molar-refractivity contribution in [3.05, 3.63) is 59.2 Å². The minimum absolute atomic E-state index is 0.0308. The van der Waals surface area contributed by atoms with Crippen LogP contribution in [-0.4, -0.2) is 12.5 Å². The molecular formula is C18H20F2N2O. The van der Waals surface area contributed by atoms with Gasteiger partial charge < -0.3 is 10.6 Å². The summed E-state index contributed by atoms with van der Waals surface area (Å²) in [5, 5.41) is 5.67. The van der Waals surface area contributed by atoms with E-state index in [4.69, 9.17) is 0 Å². The van der Waals surface area contributed by atoms with E-state index < -0.39 is 11.6 Å². The smallest absolute Gasteiger partial charge is 0.243 e. The van der Waals surface area contributed by atoms with Crippen molar-refractivity contribution in [1.29, 1.82) is 0 Å². The number of carbonyl (C=O) groups is 1. The van der Waals surface area contributed by atoms with Gasteiger partial charge in [-0.1, -0.05) is 32.0 Å². The standard InChI is InChI=1S/C18H20F2N2O/c1-11(2)14-6-4-5-12(3)18(14)22-17(23)10-21-13-7-8-15(19)16(20)9-13/h4-9,11,21H,10H2,1-3H3,(H,22,23). The predicted molar refractivity (Wildman–Crippen MR) is 88.7 cm³/mol. The first-order valence-electron chi connectivity index (χ1n) is 7.46. The highest BCUT2D eigenvalue weighted by Crippen LogP contribution is 2.27. The lowest BCUT2D eigenvalue weighted by molar-refractivity contribution is -0.114. The van der Waals surface area contributed by atoms with Crippen LogP contribution in [0.2, 0.25) is 0 Å². The molecule has 0 unspecified atom stereocenters. The number of amides is 1. The second-order valence-corrected chi connectivity index (χ2v) is 5.72. The Morgan fingerprint density at radius 1 is 1.13 bits per heavy atom. The van der Waals surface area contributed by atoms with Gasteiger partial charge in [-0.25, -0.2) is 8.78 Å². The van der Waals surface area contributed by atoms with Crippen LogP contribution in [0.4, 0.5) is 20.2 Å². The molecule has 2 aromatic carbocycles. The summed E-state index contributed by atoms with van der Waals surface area (Å²) in [4.78, 5) is 12.1. The number of aryl methyl sites for hydroxylation is 1. The average Bonchev–Trinajstić information content (AvgIpc) is 2.50. The molecule has 0 spiro atoms. The van der Waals surface area contributed by atoms with E-state index in [2.05, 4.69) is 24.5 Å². The van der Waals surface area contributed by atoms with Crippen LogP contribution in [0, 0.1) is 18.6 Å². The van der Waals surface area contributed by atoms with Crippen molar-refractivity contribution < 1.29 is 13.6 Å². The van der Waals surface area contributed by atoms with Gasteiger partial charge in [0.1, 0.15) is 0 Å². The first kappa shape index (κ1) is 16.9. The summed E-state index contributed by atoms with van der Waals surface area (Å²) in [6.07, 6.45) is 0. The average molecular weight is 318 g/mol. The summed E-state index contributed by atoms with van der Waals surface area (Å²) in [6, 6.07) is 9.31. The van der Waals surface area contributed by atoms with Crippen molar-refractivity contribution in [3.63, 3.8) is 0 Å². The number of para-hydroxylation sites is 1. The molecule has 5 heteroatoms. The van der Waals surface area contributed by atoms with Crippen molar-refractivity contribution >= 4 is 17.3 Å². The fourth-order valence-corrected chi connectivity index (χ4v) is 2.31. The van der Waals surface area contributed by atoms with Crippen LogP contribution in [0.25, 0.3) is 0 Å². The maximum Gasteiger partial charge on any atom is 0.243 e. The molecule has 0 aliphatic rings. The molecule has 122 valence electrons. The molecule has 0 saturated heterocycles. The van der Waals surface area contributed by atoms with Gasteiger partial charge in [0.2, 0.25) is 5.91 Å². The van der Waals surface area contributed by atoms with Crippen molar-refractivity contribution in [1.82, 2.24) is 0 Å². The van der Waals surface area contributed by atoms with Gasteiger partial charge in [0, 0.05) is 17.4 Å². The molecule has 0 fully saturated rings. The number of halogens is 2. The monoisotopic (exact) mass is 318 g/mol. The minimum Gasteiger partial charge on any atom is -0.376 e. The summed E-state index contributed by atoms with van der Waals surface area (Å²) >= 11 is 0. The van der Waals surface area contributed by atoms with Crippen LogP contribution in [0.5, 0.6) is 0 Å². The van der Waals surface area contributed by atoms with Crippen LogP contribution < -0.4 is 10.6 Å². The fourth-order valence-electron chi connectivity index (χ4n) is 2.31. The van der Waals surface area contributed by atoms with Crippen LogP contribution in [0.3, 0.4) is 0 Å². The molecule has 0 aliphatic heterocycles. The van der Waals surface area contributed by atoms with Crippen LogP contribution >= 0.6 is 0 Å². The van der Waals surface area contributed by atoms with E-state index in [1.54, 1.807) is 0 Å². The highest BCUT2D eigenvalue weighted by Gasteiger charge is 2.12. The normalized spacial score (nSPS) is 10.7. The molecule has 0 radical (unpaired) electrons. The Kier molecular flexibility index (Phi) is 5.32. The van der Waals surface area contributed by atoms with Gasteiger partial charge in [0.15, 0.2) is 11.6 Å². The Morgan fingerprint density at radius 2 is 1.87 bits per heavy atom. The van der Waals surface area contributed by atoms with E-state index in [-0.39, 0.29) is 18.4 Å². The largest absolute Gasteiger partial charge is 0.376 e. The Labute approximate surface area is 134 Å². The second-order valence-electron chi connectivity index (χ2n) is 5.72. The molecule has 0 saturated carbocycles. The van der Waals surface area contributed by atoms with Crippen molar-refractivity contribution in [3.8, 4) is 0 Å². The molecule has 0 heterocycles. The van der Waals surface area contributed by atoms with Crippen LogP contribution in [0.15, 0.2) is 36.4 Å². The zero-order valence-electron chi connectivity index (χ0n) is 13.4. The summed E-state index contributed by atoms with van der Waals surface area (Å²) in [5.74, 6) is -1.83. The first-order chi connectivity index (χ1) is 10.9. The lowest BCUT2D eigenvalue weighted by Gasteiger charge is -2.16. The number of anilines is 2. The molecule has 0 atom stereocenters. The molecule has 3 nitrogen and oxygen atoms in total. The van der Waals surface area contributed by atoms with Gasteiger partial charge in [-0.2, -0.15) is 0 Å². The first-order valence-corrected chi connectivity index (χ1v) is 7.46. The van der Waals surface area contributed by atoms with E-state index in [1.807, 2.05) is 25.1 Å². The topological polar surface area (TPSA) is 41.1 Å². The van der Waals surface area contributed by atoms with Gasteiger partial charge in [-0.05, 0) is 36.1 Å². The lowest BCUT2D eigenvalue weighted by Crippen LogP contribution is -2.23. The van der Waals surface area contributed by atoms with E-state index in [1.165, 1.54) is 6.07 Å². The Bertz CT molecular complexity index is 714. The summed E-state index contributed by atoms with van der Waals surface area (Å²) in [7, 11) is 0. The molecule has 2 rings (SSSR count). The maximum atomic E-state index is 13.1. The third-order valence-corrected chi connectivity index (χ3v) is 3.56. The summed E-state index contributed by atoms with van der Waals surface area (Å²) in [5.41, 5.74) is 3.20. The number of benzene rings is 2. The van der Waals surface area contributed by atoms with E-state index in [9.17, 15) is 13.6 Å². The summed E-state index contributed by atoms with van der Waals surface area (Å²) < 4.78 is 26.0. The highest BCUT2D eigenvalue weighted by molar-refractivity contribution is 5.95. The van der Waals surface area contributed by atoms with E-state index in [0.717, 1.165) is 28.9 Å². The molecule has 23 heavy (non-hydrogen) atoms. The van der Waals surface area contributed by atoms with Gasteiger partial charge in [-0.3, -0.25) is 4.79 Å². The molecule has 2 N–H and O–H groups in total. The molecule has 0 bridgehead atoms. The third-order valence-electron chi connectivity index (χ3n) is 3.56. The zero-order chi connectivity index (χ0) is 17.0. The maximum absolute atomic E-state index is 13.1. The summed E-state index contributed by atoms with van der Waals surface area (Å²) in [6.45, 7) is 6.02. The molecule has 1 amide bonds. The molecule has 0 aliphatic carbocycles. The van der Waals surface area contributed by atoms with E-state index in [0.29, 0.717) is 5.69 Å². The van der Waals surface area contributed by atoms with Gasteiger partial charge in [-0.15, -0.1) is 0 Å². The number of nitrogens with one attached hydrogen (secondary N) is 2. The number of hydrogen-bond donors (Lipinski definition) is 2. The fraction of sp³-hybridized carbons (Fsp3) is 0.278. The number of carbonyl (C=O) groups excluding carboxylic acids is 1. The van der Waals surface area contributed by atoms with Crippen molar-refractivity contribution in [2.24, 2.45) is 0 Å². The van der Waals surface area contributed by atoms with Crippen molar-refractivity contribution in [2.75, 3.05) is 17.2 Å². The Morgan fingerprint density at radius 3 is 2.52 bits per heavy atom. The number of rotatable bonds is 5. The van der Waals surface area contributed by atoms with Gasteiger partial charge in [0.25, 0.3) is 0 Å². The zero-order valence-corrected chi connectivity index (χ0v) is 13.4. The second kappa shape index (κ2) is 7.22. The minimum atomic E-state index is -0.948. The quantitative estimate of drug-likeness (QED) is 0.855. The Balaban J connectivity index is 2.04. The third kappa shape index (κ3) is 4.28. The molecule has 0 aromatic heterocycles. The van der Waals surface area contributed by atoms with Crippen molar-refractivity contribution in [2.45, 2.75) is 26.7 Å². The molecular weight excluding hydrogens is 298 g/mol. The van der Waals surface area contributed by atoms with Crippen LogP contribution in [0.1, 0.15) is 30.9 Å². The lowest BCUT2D eigenvalue weighted by atomic mass is 9.98. The predicted octanol–water partition coefficient (Wildman–Crippen LogP) is 4.45. The Hall–Kier alpha value is -2.43. The van der Waals surface area contributed by atoms with Gasteiger partial charge in [0.05, 0.1) is 6.54 Å².